The minimum absolute atomic E-state index is 0.139. The minimum atomic E-state index is -0.203. The molecule has 0 bridgehead atoms. The van der Waals surface area contributed by atoms with E-state index < -0.39 is 0 Å². The normalized spacial score (nSPS) is 11.6. The van der Waals surface area contributed by atoms with Crippen molar-refractivity contribution in [2.45, 2.75) is 48.0 Å². The lowest BCUT2D eigenvalue weighted by Gasteiger charge is -2.23. The van der Waals surface area contributed by atoms with Crippen LogP contribution in [0.2, 0.25) is 0 Å². The lowest BCUT2D eigenvalue weighted by Crippen LogP contribution is -2.27. The van der Waals surface area contributed by atoms with Crippen LogP contribution in [0.4, 0.5) is 0 Å². The molecule has 13 heavy (non-hydrogen) atoms. The van der Waals surface area contributed by atoms with E-state index in [1.807, 2.05) is 27.7 Å². The predicted octanol–water partition coefficient (Wildman–Crippen LogP) is 3.59. The highest BCUT2D eigenvalue weighted by Gasteiger charge is 2.27. The average Bonchev–Trinajstić information content (AvgIpc) is 1.99. The second-order valence-corrected chi connectivity index (χ2v) is 4.89. The third kappa shape index (κ3) is 4.25. The van der Waals surface area contributed by atoms with Crippen molar-refractivity contribution in [3.8, 4) is 0 Å². The Bertz CT molecular complexity index is 205. The second-order valence-electron chi connectivity index (χ2n) is 4.89. The summed E-state index contributed by atoms with van der Waals surface area (Å²) in [6.45, 7) is 12.1. The molecule has 0 aliphatic heterocycles. The van der Waals surface area contributed by atoms with Crippen LogP contribution in [0.3, 0.4) is 0 Å². The van der Waals surface area contributed by atoms with Crippen molar-refractivity contribution >= 4 is 5.78 Å². The zero-order chi connectivity index (χ0) is 10.6. The van der Waals surface area contributed by atoms with Crippen LogP contribution in [-0.4, -0.2) is 5.78 Å². The topological polar surface area (TPSA) is 17.1 Å². The Morgan fingerprint density at radius 3 is 2.08 bits per heavy atom. The molecule has 0 aromatic carbocycles. The average molecular weight is 182 g/mol. The Balaban J connectivity index is 4.40. The van der Waals surface area contributed by atoms with E-state index in [4.69, 9.17) is 0 Å². The molecular weight excluding hydrogens is 160 g/mol. The summed E-state index contributed by atoms with van der Waals surface area (Å²) in [6, 6.07) is 0. The molecule has 0 aromatic rings. The molecule has 0 aliphatic rings. The molecule has 0 atom stereocenters. The molecule has 0 aliphatic carbocycles. The molecule has 0 N–H and O–H groups in total. The fourth-order valence-electron chi connectivity index (χ4n) is 1.34. The number of rotatable bonds is 4. The Morgan fingerprint density at radius 1 is 1.31 bits per heavy atom. The van der Waals surface area contributed by atoms with Gasteiger partial charge in [-0.1, -0.05) is 39.3 Å². The number of ketones is 1. The maximum absolute atomic E-state index is 11.7. The van der Waals surface area contributed by atoms with Crippen molar-refractivity contribution < 1.29 is 4.79 Å². The van der Waals surface area contributed by atoms with Gasteiger partial charge in [-0.25, -0.2) is 0 Å². The number of carbonyl (C=O) groups is 1. The van der Waals surface area contributed by atoms with Crippen molar-refractivity contribution in [1.29, 1.82) is 0 Å². The third-order valence-electron chi connectivity index (χ3n) is 2.21. The van der Waals surface area contributed by atoms with Gasteiger partial charge in [-0.05, 0) is 20.3 Å². The van der Waals surface area contributed by atoms with Gasteiger partial charge in [0.05, 0.1) is 0 Å². The van der Waals surface area contributed by atoms with E-state index in [0.717, 1.165) is 6.42 Å². The first kappa shape index (κ1) is 12.4. The van der Waals surface area contributed by atoms with Gasteiger partial charge in [0.2, 0.25) is 0 Å². The zero-order valence-corrected chi connectivity index (χ0v) is 9.77. The van der Waals surface area contributed by atoms with Crippen LogP contribution >= 0.6 is 0 Å². The van der Waals surface area contributed by atoms with E-state index in [1.165, 1.54) is 5.57 Å². The number of allylic oxidation sites excluding steroid dienone is 2. The highest BCUT2D eigenvalue weighted by Crippen LogP contribution is 2.26. The Kier molecular flexibility index (Phi) is 4.38. The maximum atomic E-state index is 11.7. The van der Waals surface area contributed by atoms with E-state index in [2.05, 4.69) is 19.9 Å². The quantitative estimate of drug-likeness (QED) is 0.607. The molecular formula is C12H22O. The van der Waals surface area contributed by atoms with Crippen molar-refractivity contribution in [2.24, 2.45) is 11.3 Å². The van der Waals surface area contributed by atoms with Crippen LogP contribution in [0.15, 0.2) is 11.6 Å². The van der Waals surface area contributed by atoms with Gasteiger partial charge in [0.15, 0.2) is 0 Å². The van der Waals surface area contributed by atoms with Gasteiger partial charge in [0, 0.05) is 11.3 Å². The molecule has 0 fully saturated rings. The van der Waals surface area contributed by atoms with E-state index in [9.17, 15) is 4.79 Å². The molecule has 0 saturated carbocycles. The Labute approximate surface area is 82.2 Å². The van der Waals surface area contributed by atoms with Gasteiger partial charge in [0.1, 0.15) is 5.78 Å². The number of hydrogen-bond acceptors (Lipinski definition) is 1. The van der Waals surface area contributed by atoms with Crippen LogP contribution in [0.25, 0.3) is 0 Å². The Hall–Kier alpha value is -0.590. The van der Waals surface area contributed by atoms with Gasteiger partial charge >= 0.3 is 0 Å². The summed E-state index contributed by atoms with van der Waals surface area (Å²) in [5.74, 6) is 0.491. The highest BCUT2D eigenvalue weighted by molar-refractivity contribution is 5.85. The predicted molar refractivity (Wildman–Crippen MR) is 57.7 cm³/mol. The summed E-state index contributed by atoms with van der Waals surface area (Å²) < 4.78 is 0. The zero-order valence-electron chi connectivity index (χ0n) is 9.77. The van der Waals surface area contributed by atoms with Gasteiger partial charge < -0.3 is 0 Å². The summed E-state index contributed by atoms with van der Waals surface area (Å²) in [7, 11) is 0. The molecule has 0 heterocycles. The number of Topliss-reactive ketones (excluding diaryl/α,β-unsaturated/α-hetero) is 1. The first-order valence-corrected chi connectivity index (χ1v) is 4.95. The molecule has 1 nitrogen and oxygen atoms in total. The van der Waals surface area contributed by atoms with Gasteiger partial charge in [-0.2, -0.15) is 0 Å². The van der Waals surface area contributed by atoms with Crippen LogP contribution < -0.4 is 0 Å². The maximum Gasteiger partial charge on any atom is 0.141 e. The fourth-order valence-corrected chi connectivity index (χ4v) is 1.34. The molecule has 1 heteroatoms. The fraction of sp³-hybridized carbons (Fsp3) is 0.750. The van der Waals surface area contributed by atoms with Crippen LogP contribution in [-0.2, 0) is 4.79 Å². The standard InChI is InChI=1S/C12H22O/c1-9(2)7-8-12(5,6)11(13)10(3)4/h7,10H,8H2,1-6H3. The minimum Gasteiger partial charge on any atom is -0.299 e. The summed E-state index contributed by atoms with van der Waals surface area (Å²) in [6.07, 6.45) is 2.99. The smallest absolute Gasteiger partial charge is 0.141 e. The van der Waals surface area contributed by atoms with Crippen molar-refractivity contribution in [1.82, 2.24) is 0 Å². The van der Waals surface area contributed by atoms with Crippen LogP contribution in [0.5, 0.6) is 0 Å². The highest BCUT2D eigenvalue weighted by atomic mass is 16.1. The molecule has 0 aromatic heterocycles. The van der Waals surface area contributed by atoms with Gasteiger partial charge in [-0.15, -0.1) is 0 Å². The third-order valence-corrected chi connectivity index (χ3v) is 2.21. The van der Waals surface area contributed by atoms with E-state index in [0.29, 0.717) is 5.78 Å². The summed E-state index contributed by atoms with van der Waals surface area (Å²) >= 11 is 0. The SMILES string of the molecule is CC(C)=CCC(C)(C)C(=O)C(C)C. The number of hydrogen-bond donors (Lipinski definition) is 0. The molecule has 0 spiro atoms. The van der Waals surface area contributed by atoms with E-state index in [1.54, 1.807) is 0 Å². The van der Waals surface area contributed by atoms with Crippen LogP contribution in [0.1, 0.15) is 48.0 Å². The van der Waals surface area contributed by atoms with Crippen molar-refractivity contribution in [2.75, 3.05) is 0 Å². The second kappa shape index (κ2) is 4.59. The molecule has 0 rings (SSSR count). The molecule has 76 valence electrons. The largest absolute Gasteiger partial charge is 0.299 e. The Morgan fingerprint density at radius 2 is 1.77 bits per heavy atom. The summed E-state index contributed by atoms with van der Waals surface area (Å²) in [4.78, 5) is 11.7. The first-order chi connectivity index (χ1) is 5.77. The van der Waals surface area contributed by atoms with Gasteiger partial charge in [-0.3, -0.25) is 4.79 Å². The molecule has 0 radical (unpaired) electrons. The number of carbonyl (C=O) groups excluding carboxylic acids is 1. The summed E-state index contributed by atoms with van der Waals surface area (Å²) in [5, 5.41) is 0. The molecule has 0 unspecified atom stereocenters. The van der Waals surface area contributed by atoms with Crippen molar-refractivity contribution in [3.05, 3.63) is 11.6 Å². The summed E-state index contributed by atoms with van der Waals surface area (Å²) in [5.41, 5.74) is 1.08. The molecule has 0 amide bonds. The lowest BCUT2D eigenvalue weighted by atomic mass is 9.79. The molecule has 0 saturated heterocycles. The monoisotopic (exact) mass is 182 g/mol. The van der Waals surface area contributed by atoms with Crippen molar-refractivity contribution in [3.63, 3.8) is 0 Å². The first-order valence-electron chi connectivity index (χ1n) is 4.95. The van der Waals surface area contributed by atoms with E-state index in [-0.39, 0.29) is 11.3 Å². The lowest BCUT2D eigenvalue weighted by molar-refractivity contribution is -0.130. The van der Waals surface area contributed by atoms with E-state index >= 15 is 0 Å². The van der Waals surface area contributed by atoms with Crippen LogP contribution in [0, 0.1) is 11.3 Å². The van der Waals surface area contributed by atoms with Gasteiger partial charge in [0.25, 0.3) is 0 Å².